The maximum absolute atomic E-state index is 12.8. The highest BCUT2D eigenvalue weighted by molar-refractivity contribution is 7.89. The molecule has 0 spiro atoms. The maximum atomic E-state index is 12.8. The van der Waals surface area contributed by atoms with Gasteiger partial charge in [-0.3, -0.25) is 4.79 Å². The number of halogens is 2. The smallest absolute Gasteiger partial charge is 0.257 e. The van der Waals surface area contributed by atoms with Crippen LogP contribution < -0.4 is 5.32 Å². The van der Waals surface area contributed by atoms with E-state index in [0.717, 1.165) is 19.3 Å². The van der Waals surface area contributed by atoms with Crippen LogP contribution in [0.5, 0.6) is 0 Å². The first kappa shape index (κ1) is 19.2. The van der Waals surface area contributed by atoms with Crippen molar-refractivity contribution >= 4 is 44.8 Å². The van der Waals surface area contributed by atoms with Crippen molar-refractivity contribution in [1.29, 1.82) is 0 Å². The number of carbonyl (C=O) groups is 1. The van der Waals surface area contributed by atoms with Crippen LogP contribution in [0.4, 0.5) is 5.69 Å². The third-order valence-corrected chi connectivity index (χ3v) is 6.71. The van der Waals surface area contributed by atoms with E-state index >= 15 is 0 Å². The first-order chi connectivity index (χ1) is 12.4. The quantitative estimate of drug-likeness (QED) is 0.807. The number of hydrogen-bond acceptors (Lipinski definition) is 3. The summed E-state index contributed by atoms with van der Waals surface area (Å²) in [5, 5.41) is 3.43. The third kappa shape index (κ3) is 4.20. The van der Waals surface area contributed by atoms with Crippen molar-refractivity contribution in [1.82, 2.24) is 4.31 Å². The average molecular weight is 413 g/mol. The van der Waals surface area contributed by atoms with E-state index in [-0.39, 0.29) is 15.5 Å². The number of benzene rings is 2. The van der Waals surface area contributed by atoms with Crippen LogP contribution in [-0.4, -0.2) is 31.7 Å². The van der Waals surface area contributed by atoms with E-state index in [0.29, 0.717) is 23.8 Å². The summed E-state index contributed by atoms with van der Waals surface area (Å²) in [6.07, 6.45) is 2.72. The molecule has 0 saturated carbocycles. The topological polar surface area (TPSA) is 66.5 Å². The summed E-state index contributed by atoms with van der Waals surface area (Å²) in [5.74, 6) is -0.479. The third-order valence-electron chi connectivity index (χ3n) is 4.24. The lowest BCUT2D eigenvalue weighted by molar-refractivity contribution is 0.102. The summed E-state index contributed by atoms with van der Waals surface area (Å²) < 4.78 is 27.1. The minimum atomic E-state index is -3.64. The van der Waals surface area contributed by atoms with Gasteiger partial charge in [-0.25, -0.2) is 8.42 Å². The molecule has 138 valence electrons. The molecule has 1 aliphatic rings. The molecule has 1 saturated heterocycles. The van der Waals surface area contributed by atoms with Crippen LogP contribution >= 0.6 is 23.2 Å². The predicted octanol–water partition coefficient (Wildman–Crippen LogP) is 4.42. The van der Waals surface area contributed by atoms with Gasteiger partial charge in [-0.05, 0) is 55.3 Å². The second kappa shape index (κ2) is 7.96. The molecule has 0 aromatic heterocycles. The van der Waals surface area contributed by atoms with Crippen molar-refractivity contribution in [3.63, 3.8) is 0 Å². The minimum Gasteiger partial charge on any atom is -0.322 e. The molecule has 2 aromatic rings. The molecule has 5 nitrogen and oxygen atoms in total. The van der Waals surface area contributed by atoms with Crippen molar-refractivity contribution in [3.8, 4) is 0 Å². The predicted molar refractivity (Wildman–Crippen MR) is 103 cm³/mol. The maximum Gasteiger partial charge on any atom is 0.257 e. The Kier molecular flexibility index (Phi) is 5.87. The Morgan fingerprint density at radius 3 is 2.27 bits per heavy atom. The van der Waals surface area contributed by atoms with Crippen LogP contribution in [0.2, 0.25) is 10.0 Å². The largest absolute Gasteiger partial charge is 0.322 e. The highest BCUT2D eigenvalue weighted by Gasteiger charge is 2.27. The number of sulfonamides is 1. The molecule has 2 aromatic carbocycles. The number of amides is 1. The van der Waals surface area contributed by atoms with Gasteiger partial charge >= 0.3 is 0 Å². The van der Waals surface area contributed by atoms with Crippen LogP contribution in [0.25, 0.3) is 0 Å². The summed E-state index contributed by atoms with van der Waals surface area (Å²) in [7, 11) is -3.64. The van der Waals surface area contributed by atoms with E-state index in [9.17, 15) is 13.2 Å². The Balaban J connectivity index is 1.87. The van der Waals surface area contributed by atoms with Crippen LogP contribution in [0, 0.1) is 0 Å². The molecule has 0 radical (unpaired) electrons. The highest BCUT2D eigenvalue weighted by atomic mass is 35.5. The molecule has 0 aliphatic carbocycles. The lowest BCUT2D eigenvalue weighted by atomic mass is 10.2. The van der Waals surface area contributed by atoms with E-state index in [2.05, 4.69) is 5.32 Å². The lowest BCUT2D eigenvalue weighted by Crippen LogP contribution is -2.35. The second-order valence-electron chi connectivity index (χ2n) is 6.07. The zero-order valence-electron chi connectivity index (χ0n) is 13.9. The summed E-state index contributed by atoms with van der Waals surface area (Å²) >= 11 is 12.0. The number of piperidine rings is 1. The zero-order valence-corrected chi connectivity index (χ0v) is 16.2. The van der Waals surface area contributed by atoms with E-state index in [1.165, 1.54) is 22.5 Å². The minimum absolute atomic E-state index is 0.0741. The van der Waals surface area contributed by atoms with Crippen molar-refractivity contribution in [2.75, 3.05) is 18.4 Å². The molecular formula is C18H18Cl2N2O3S. The van der Waals surface area contributed by atoms with Gasteiger partial charge in [0.1, 0.15) is 0 Å². The van der Waals surface area contributed by atoms with Gasteiger partial charge in [-0.15, -0.1) is 0 Å². The summed E-state index contributed by atoms with van der Waals surface area (Å²) in [4.78, 5) is 12.6. The summed E-state index contributed by atoms with van der Waals surface area (Å²) in [6.45, 7) is 0.995. The molecule has 1 aliphatic heterocycles. The summed E-state index contributed by atoms with van der Waals surface area (Å²) in [5.41, 5.74) is 0.652. The number of carbonyl (C=O) groups excluding carboxylic acids is 1. The van der Waals surface area contributed by atoms with Gasteiger partial charge in [0.05, 0.1) is 15.5 Å². The van der Waals surface area contributed by atoms with Crippen LogP contribution in [0.3, 0.4) is 0 Å². The second-order valence-corrected chi connectivity index (χ2v) is 8.85. The molecule has 1 N–H and O–H groups in total. The summed E-state index contributed by atoms with van der Waals surface area (Å²) in [6, 6.07) is 10.8. The molecule has 26 heavy (non-hydrogen) atoms. The number of nitrogens with one attached hydrogen (secondary N) is 1. The van der Waals surface area contributed by atoms with Crippen LogP contribution in [0.15, 0.2) is 47.4 Å². The number of rotatable bonds is 4. The average Bonchev–Trinajstić information content (AvgIpc) is 2.64. The fraction of sp³-hybridized carbons (Fsp3) is 0.278. The number of nitrogens with zero attached hydrogens (tertiary/aromatic N) is 1. The normalized spacial score (nSPS) is 15.6. The van der Waals surface area contributed by atoms with Gasteiger partial charge in [0.2, 0.25) is 10.0 Å². The van der Waals surface area contributed by atoms with Crippen molar-refractivity contribution in [2.45, 2.75) is 24.2 Å². The molecule has 1 amide bonds. The molecule has 0 atom stereocenters. The molecule has 0 bridgehead atoms. The first-order valence-electron chi connectivity index (χ1n) is 8.24. The molecule has 3 rings (SSSR count). The highest BCUT2D eigenvalue weighted by Crippen LogP contribution is 2.26. The van der Waals surface area contributed by atoms with Crippen LogP contribution in [0.1, 0.15) is 29.6 Å². The monoisotopic (exact) mass is 412 g/mol. The molecule has 8 heteroatoms. The number of anilines is 1. The van der Waals surface area contributed by atoms with Gasteiger partial charge in [0.15, 0.2) is 0 Å². The van der Waals surface area contributed by atoms with Gasteiger partial charge in [-0.2, -0.15) is 4.31 Å². The van der Waals surface area contributed by atoms with Gasteiger partial charge in [-0.1, -0.05) is 29.6 Å². The SMILES string of the molecule is O=C(Nc1ccc(Cl)cc1)c1cc(S(=O)(=O)N2CCCCC2)ccc1Cl. The van der Waals surface area contributed by atoms with Crippen molar-refractivity contribution in [3.05, 3.63) is 58.1 Å². The van der Waals surface area contributed by atoms with Crippen LogP contribution in [-0.2, 0) is 10.0 Å². The van der Waals surface area contributed by atoms with E-state index in [1.54, 1.807) is 24.3 Å². The zero-order chi connectivity index (χ0) is 18.7. The molecule has 0 unspecified atom stereocenters. The van der Waals surface area contributed by atoms with E-state index < -0.39 is 15.9 Å². The molecular weight excluding hydrogens is 395 g/mol. The van der Waals surface area contributed by atoms with E-state index in [1.807, 2.05) is 0 Å². The van der Waals surface area contributed by atoms with Gasteiger partial charge in [0, 0.05) is 23.8 Å². The van der Waals surface area contributed by atoms with Crippen molar-refractivity contribution < 1.29 is 13.2 Å². The molecule has 1 fully saturated rings. The lowest BCUT2D eigenvalue weighted by Gasteiger charge is -2.26. The van der Waals surface area contributed by atoms with Gasteiger partial charge in [0.25, 0.3) is 5.91 Å². The molecule has 1 heterocycles. The Bertz CT molecular complexity index is 909. The van der Waals surface area contributed by atoms with Gasteiger partial charge < -0.3 is 5.32 Å². The number of hydrogen-bond donors (Lipinski definition) is 1. The Morgan fingerprint density at radius 1 is 0.962 bits per heavy atom. The standard InChI is InChI=1S/C18H18Cl2N2O3S/c19-13-4-6-14(7-5-13)21-18(23)16-12-15(8-9-17(16)20)26(24,25)22-10-2-1-3-11-22/h4-9,12H,1-3,10-11H2,(H,21,23). The Hall–Kier alpha value is -1.60. The Labute approximate surface area is 163 Å². The van der Waals surface area contributed by atoms with E-state index in [4.69, 9.17) is 23.2 Å². The fourth-order valence-electron chi connectivity index (χ4n) is 2.82. The first-order valence-corrected chi connectivity index (χ1v) is 10.4. The fourth-order valence-corrected chi connectivity index (χ4v) is 4.70. The van der Waals surface area contributed by atoms with Crippen molar-refractivity contribution in [2.24, 2.45) is 0 Å². The Morgan fingerprint density at radius 2 is 1.62 bits per heavy atom.